The zero-order valence-corrected chi connectivity index (χ0v) is 19.2. The summed E-state index contributed by atoms with van der Waals surface area (Å²) >= 11 is 0. The Labute approximate surface area is 198 Å². The lowest BCUT2D eigenvalue weighted by Gasteiger charge is -2.11. The summed E-state index contributed by atoms with van der Waals surface area (Å²) in [6.07, 6.45) is -3.02. The summed E-state index contributed by atoms with van der Waals surface area (Å²) in [5.41, 5.74) is -0.829. The van der Waals surface area contributed by atoms with Crippen molar-refractivity contribution < 1.29 is 26.9 Å². The van der Waals surface area contributed by atoms with Gasteiger partial charge in [0.1, 0.15) is 17.1 Å². The summed E-state index contributed by atoms with van der Waals surface area (Å²) in [7, 11) is -1.63. The van der Waals surface area contributed by atoms with Crippen molar-refractivity contribution in [2.45, 2.75) is 17.6 Å². The van der Waals surface area contributed by atoms with Crippen LogP contribution in [0, 0.1) is 4.78 Å². The average molecular weight is 504 g/mol. The van der Waals surface area contributed by atoms with E-state index in [9.17, 15) is 22.2 Å². The van der Waals surface area contributed by atoms with Gasteiger partial charge in [-0.2, -0.15) is 18.3 Å². The number of benzene rings is 2. The third-order valence-electron chi connectivity index (χ3n) is 5.13. The largest absolute Gasteiger partial charge is 0.494 e. The highest BCUT2D eigenvalue weighted by atomic mass is 32.2. The van der Waals surface area contributed by atoms with Crippen molar-refractivity contribution in [2.75, 3.05) is 18.2 Å². The van der Waals surface area contributed by atoms with Crippen LogP contribution < -0.4 is 10.1 Å². The van der Waals surface area contributed by atoms with E-state index in [0.29, 0.717) is 15.8 Å². The summed E-state index contributed by atoms with van der Waals surface area (Å²) in [4.78, 5) is 16.4. The number of hydrogen-bond acceptors (Lipinski definition) is 6. The van der Waals surface area contributed by atoms with Crippen LogP contribution in [-0.2, 0) is 22.5 Å². The van der Waals surface area contributed by atoms with Gasteiger partial charge in [0.05, 0.1) is 40.3 Å². The standard InChI is InChI=1S/C23H20F3N5O3S/c1-34-20-13-18-15(14-31(30-18)10-11-35(27,33)16-6-3-2-4-7-16)12-19(20)29-22(32)17-8-5-9-21(28-17)23(24,25)26/h2-9,12-14,27H,10-11H2,1H3,(H,29,32). The molecular weight excluding hydrogens is 483 g/mol. The van der Waals surface area contributed by atoms with Gasteiger partial charge in [-0.25, -0.2) is 14.0 Å². The van der Waals surface area contributed by atoms with Gasteiger partial charge in [-0.15, -0.1) is 0 Å². The van der Waals surface area contributed by atoms with Gasteiger partial charge in [-0.05, 0) is 30.3 Å². The summed E-state index contributed by atoms with van der Waals surface area (Å²) in [6.45, 7) is 0.212. The molecule has 4 aromatic rings. The highest BCUT2D eigenvalue weighted by Gasteiger charge is 2.33. The lowest BCUT2D eigenvalue weighted by Crippen LogP contribution is -2.17. The molecule has 2 aromatic heterocycles. The molecule has 0 radical (unpaired) electrons. The maximum Gasteiger partial charge on any atom is 0.433 e. The zero-order valence-electron chi connectivity index (χ0n) is 18.4. The molecule has 2 N–H and O–H groups in total. The molecule has 12 heteroatoms. The molecule has 0 aliphatic carbocycles. The van der Waals surface area contributed by atoms with Gasteiger partial charge in [0.25, 0.3) is 5.91 Å². The molecule has 1 unspecified atom stereocenters. The molecule has 0 aliphatic rings. The lowest BCUT2D eigenvalue weighted by atomic mass is 10.2. The number of fused-ring (bicyclic) bond motifs is 1. The normalized spacial score (nSPS) is 13.4. The Balaban J connectivity index is 1.56. The fourth-order valence-electron chi connectivity index (χ4n) is 3.37. The monoisotopic (exact) mass is 503 g/mol. The fraction of sp³-hybridized carbons (Fsp3) is 0.174. The van der Waals surface area contributed by atoms with E-state index in [1.54, 1.807) is 53.3 Å². The number of aromatic nitrogens is 3. The number of nitrogens with one attached hydrogen (secondary N) is 2. The number of amides is 1. The van der Waals surface area contributed by atoms with Crippen LogP contribution in [0.3, 0.4) is 0 Å². The first-order chi connectivity index (χ1) is 16.6. The van der Waals surface area contributed by atoms with Gasteiger partial charge in [0.2, 0.25) is 0 Å². The second-order valence-corrected chi connectivity index (χ2v) is 9.79. The highest BCUT2D eigenvalue weighted by molar-refractivity contribution is 7.92. The number of carbonyl (C=O) groups is 1. The minimum absolute atomic E-state index is 0.0486. The Kier molecular flexibility index (Phi) is 6.48. The van der Waals surface area contributed by atoms with Crippen molar-refractivity contribution in [1.29, 1.82) is 4.78 Å². The van der Waals surface area contributed by atoms with E-state index in [1.165, 1.54) is 13.2 Å². The number of carbonyl (C=O) groups excluding carboxylic acids is 1. The number of anilines is 1. The SMILES string of the molecule is COc1cc2nn(CCS(=N)(=O)c3ccccc3)cc2cc1NC(=O)c1cccc(C(F)(F)F)n1. The highest BCUT2D eigenvalue weighted by Crippen LogP contribution is 2.31. The zero-order chi connectivity index (χ0) is 25.2. The van der Waals surface area contributed by atoms with Crippen molar-refractivity contribution in [3.63, 3.8) is 0 Å². The average Bonchev–Trinajstić information content (AvgIpc) is 3.24. The van der Waals surface area contributed by atoms with Gasteiger partial charge >= 0.3 is 6.18 Å². The molecule has 0 fully saturated rings. The number of aryl methyl sites for hydroxylation is 1. The maximum absolute atomic E-state index is 12.9. The van der Waals surface area contributed by atoms with Gasteiger partial charge in [-0.3, -0.25) is 9.48 Å². The van der Waals surface area contributed by atoms with Crippen LogP contribution >= 0.6 is 0 Å². The Hall–Kier alpha value is -3.93. The molecule has 4 rings (SSSR count). The predicted molar refractivity (Wildman–Crippen MR) is 124 cm³/mol. The van der Waals surface area contributed by atoms with Crippen molar-refractivity contribution in [1.82, 2.24) is 14.8 Å². The fourth-order valence-corrected chi connectivity index (χ4v) is 4.65. The summed E-state index contributed by atoms with van der Waals surface area (Å²) in [5, 5.41) is 7.55. The number of methoxy groups -OCH3 is 1. The minimum atomic E-state index is -4.68. The van der Waals surface area contributed by atoms with Gasteiger partial charge in [0, 0.05) is 22.5 Å². The molecule has 0 aliphatic heterocycles. The minimum Gasteiger partial charge on any atom is -0.494 e. The first kappa shape index (κ1) is 24.2. The van der Waals surface area contributed by atoms with Crippen LogP contribution in [0.1, 0.15) is 16.2 Å². The molecule has 0 spiro atoms. The third-order valence-corrected chi connectivity index (χ3v) is 6.92. The van der Waals surface area contributed by atoms with Crippen LogP contribution in [0.5, 0.6) is 5.75 Å². The van der Waals surface area contributed by atoms with E-state index in [0.717, 1.165) is 12.1 Å². The third kappa shape index (κ3) is 5.43. The molecular formula is C23H20F3N5O3S. The number of ether oxygens (including phenoxy) is 1. The second kappa shape index (κ2) is 9.37. The van der Waals surface area contributed by atoms with E-state index in [2.05, 4.69) is 15.4 Å². The van der Waals surface area contributed by atoms with E-state index in [4.69, 9.17) is 9.52 Å². The second-order valence-electron chi connectivity index (χ2n) is 7.56. The molecule has 0 saturated carbocycles. The van der Waals surface area contributed by atoms with Gasteiger partial charge < -0.3 is 10.1 Å². The van der Waals surface area contributed by atoms with Crippen LogP contribution in [0.4, 0.5) is 18.9 Å². The molecule has 35 heavy (non-hydrogen) atoms. The Morgan fingerprint density at radius 1 is 1.14 bits per heavy atom. The number of nitrogens with zero attached hydrogens (tertiary/aromatic N) is 3. The topological polar surface area (TPSA) is 110 Å². The van der Waals surface area contributed by atoms with Crippen LogP contribution in [0.25, 0.3) is 10.9 Å². The molecule has 182 valence electrons. The van der Waals surface area contributed by atoms with E-state index in [1.807, 2.05) is 0 Å². The Morgan fingerprint density at radius 3 is 2.57 bits per heavy atom. The van der Waals surface area contributed by atoms with Crippen LogP contribution in [0.15, 0.2) is 71.8 Å². The first-order valence-electron chi connectivity index (χ1n) is 10.3. The Bertz CT molecular complexity index is 1490. The first-order valence-corrected chi connectivity index (χ1v) is 12.0. The molecule has 0 saturated heterocycles. The lowest BCUT2D eigenvalue weighted by molar-refractivity contribution is -0.141. The number of pyridine rings is 1. The summed E-state index contributed by atoms with van der Waals surface area (Å²) < 4.78 is 66.6. The Morgan fingerprint density at radius 2 is 1.89 bits per heavy atom. The number of alkyl halides is 3. The summed E-state index contributed by atoms with van der Waals surface area (Å²) in [5.74, 6) is -0.540. The molecule has 1 atom stereocenters. The van der Waals surface area contributed by atoms with Crippen LogP contribution in [0.2, 0.25) is 0 Å². The van der Waals surface area contributed by atoms with Crippen molar-refractivity contribution in [3.8, 4) is 5.75 Å². The van der Waals surface area contributed by atoms with Gasteiger partial charge in [0.15, 0.2) is 0 Å². The smallest absolute Gasteiger partial charge is 0.433 e. The van der Waals surface area contributed by atoms with E-state index < -0.39 is 33.2 Å². The number of hydrogen-bond donors (Lipinski definition) is 2. The molecule has 2 heterocycles. The van der Waals surface area contributed by atoms with Crippen molar-refractivity contribution in [2.24, 2.45) is 0 Å². The van der Waals surface area contributed by atoms with Crippen molar-refractivity contribution in [3.05, 3.63) is 78.2 Å². The van der Waals surface area contributed by atoms with Crippen molar-refractivity contribution >= 4 is 32.2 Å². The maximum atomic E-state index is 12.9. The molecule has 8 nitrogen and oxygen atoms in total. The summed E-state index contributed by atoms with van der Waals surface area (Å²) in [6, 6.07) is 14.7. The molecule has 0 bridgehead atoms. The molecule has 1 amide bonds. The predicted octanol–water partition coefficient (Wildman–Crippen LogP) is 4.82. The van der Waals surface area contributed by atoms with E-state index >= 15 is 0 Å². The van der Waals surface area contributed by atoms with E-state index in [-0.39, 0.29) is 23.7 Å². The number of rotatable bonds is 7. The number of halogens is 3. The molecule has 2 aromatic carbocycles. The van der Waals surface area contributed by atoms with Gasteiger partial charge in [-0.1, -0.05) is 24.3 Å². The quantitative estimate of drug-likeness (QED) is 0.376. The van der Waals surface area contributed by atoms with Crippen LogP contribution in [-0.4, -0.2) is 37.7 Å².